The highest BCUT2D eigenvalue weighted by Crippen LogP contribution is 2.22. The van der Waals surface area contributed by atoms with E-state index < -0.39 is 0 Å². The van der Waals surface area contributed by atoms with Gasteiger partial charge < -0.3 is 20.4 Å². The largest absolute Gasteiger partial charge is 0.490 e. The molecule has 31 heavy (non-hydrogen) atoms. The van der Waals surface area contributed by atoms with Crippen LogP contribution in [0, 0.1) is 0 Å². The van der Waals surface area contributed by atoms with E-state index in [0.29, 0.717) is 12.1 Å². The number of nitrogens with zero attached hydrogens (tertiary/aromatic N) is 2. The van der Waals surface area contributed by atoms with Gasteiger partial charge in [-0.05, 0) is 67.9 Å². The molecule has 0 aliphatic carbocycles. The molecule has 6 nitrogen and oxygen atoms in total. The maximum absolute atomic E-state index is 6.05. The highest BCUT2D eigenvalue weighted by molar-refractivity contribution is 5.91. The first-order valence-corrected chi connectivity index (χ1v) is 10.6. The molecule has 1 fully saturated rings. The number of aromatic nitrogens is 3. The Kier molecular flexibility index (Phi) is 5.62. The molecule has 1 aliphatic heterocycles. The molecule has 2 aromatic heterocycles. The molecule has 0 atom stereocenters. The van der Waals surface area contributed by atoms with Gasteiger partial charge in [-0.25, -0.2) is 9.97 Å². The molecule has 1 saturated heterocycles. The minimum atomic E-state index is 0.299. The van der Waals surface area contributed by atoms with Gasteiger partial charge in [-0.1, -0.05) is 24.3 Å². The molecule has 0 bridgehead atoms. The van der Waals surface area contributed by atoms with E-state index >= 15 is 0 Å². The summed E-state index contributed by atoms with van der Waals surface area (Å²) in [6, 6.07) is 16.3. The average Bonchev–Trinajstić information content (AvgIpc) is 3.30. The number of rotatable bonds is 6. The summed E-state index contributed by atoms with van der Waals surface area (Å²) in [5.41, 5.74) is 4.17. The highest BCUT2D eigenvalue weighted by atomic mass is 16.5. The highest BCUT2D eigenvalue weighted by Gasteiger charge is 2.14. The first-order chi connectivity index (χ1) is 15.3. The molecule has 0 spiro atoms. The molecule has 2 aromatic carbocycles. The molecule has 0 amide bonds. The van der Waals surface area contributed by atoms with Crippen LogP contribution < -0.4 is 15.4 Å². The fourth-order valence-corrected chi connectivity index (χ4v) is 3.78. The summed E-state index contributed by atoms with van der Waals surface area (Å²) in [5, 5.41) is 7.79. The van der Waals surface area contributed by atoms with Crippen LogP contribution in [0.5, 0.6) is 5.75 Å². The first kappa shape index (κ1) is 19.3. The second kappa shape index (κ2) is 9.02. The number of anilines is 2. The molecule has 0 unspecified atom stereocenters. The van der Waals surface area contributed by atoms with Gasteiger partial charge in [-0.2, -0.15) is 0 Å². The number of H-pyrrole nitrogens is 1. The van der Waals surface area contributed by atoms with Crippen LogP contribution >= 0.6 is 0 Å². The third-order valence-corrected chi connectivity index (χ3v) is 5.46. The zero-order valence-electron chi connectivity index (χ0n) is 17.2. The van der Waals surface area contributed by atoms with E-state index in [9.17, 15) is 0 Å². The predicted octanol–water partition coefficient (Wildman–Crippen LogP) is 5.00. The number of hydrogen-bond acceptors (Lipinski definition) is 5. The van der Waals surface area contributed by atoms with Gasteiger partial charge in [0.2, 0.25) is 5.95 Å². The van der Waals surface area contributed by atoms with E-state index in [1.165, 1.54) is 5.39 Å². The Morgan fingerprint density at radius 2 is 1.74 bits per heavy atom. The summed E-state index contributed by atoms with van der Waals surface area (Å²) >= 11 is 0. The Labute approximate surface area is 181 Å². The zero-order chi connectivity index (χ0) is 20.9. The van der Waals surface area contributed by atoms with Crippen molar-refractivity contribution in [3.63, 3.8) is 0 Å². The molecule has 3 N–H and O–H groups in total. The lowest BCUT2D eigenvalue weighted by molar-refractivity contribution is 0.162. The molecule has 5 rings (SSSR count). The maximum atomic E-state index is 6.05. The van der Waals surface area contributed by atoms with Crippen LogP contribution in [-0.4, -0.2) is 34.1 Å². The topological polar surface area (TPSA) is 74.9 Å². The number of aromatic amines is 1. The number of piperidine rings is 1. The van der Waals surface area contributed by atoms with Gasteiger partial charge in [-0.3, -0.25) is 0 Å². The van der Waals surface area contributed by atoms with Gasteiger partial charge in [0.05, 0.1) is 0 Å². The molecule has 6 heteroatoms. The quantitative estimate of drug-likeness (QED) is 0.416. The predicted molar refractivity (Wildman–Crippen MR) is 126 cm³/mol. The molecule has 3 heterocycles. The lowest BCUT2D eigenvalue weighted by atomic mass is 10.1. The lowest BCUT2D eigenvalue weighted by Gasteiger charge is -2.23. The summed E-state index contributed by atoms with van der Waals surface area (Å²) in [7, 11) is 0. The average molecular weight is 412 g/mol. The van der Waals surface area contributed by atoms with Crippen molar-refractivity contribution in [2.75, 3.05) is 18.4 Å². The SMILES string of the molecule is C(=Cc1cccc2[nH]ccc12)c1cnc(Nc2ccc(OC3CCNCC3)cc2)nc1. The Hall–Kier alpha value is -3.64. The van der Waals surface area contributed by atoms with E-state index in [1.54, 1.807) is 0 Å². The fourth-order valence-electron chi connectivity index (χ4n) is 3.78. The summed E-state index contributed by atoms with van der Waals surface area (Å²) in [4.78, 5) is 12.1. The summed E-state index contributed by atoms with van der Waals surface area (Å²) in [6.45, 7) is 2.04. The molecule has 1 aliphatic rings. The third kappa shape index (κ3) is 4.75. The third-order valence-electron chi connectivity index (χ3n) is 5.46. The number of fused-ring (bicyclic) bond motifs is 1. The standard InChI is InChI=1S/C25H25N5O/c1-2-19(23-12-15-27-24(23)3-1)5-4-18-16-28-25(29-17-18)30-20-6-8-21(9-7-20)31-22-10-13-26-14-11-22/h1-9,12,15-17,22,26-27H,10-11,13-14H2,(H,28,29,30). The van der Waals surface area contributed by atoms with Crippen molar-refractivity contribution in [2.24, 2.45) is 0 Å². The van der Waals surface area contributed by atoms with Crippen LogP contribution in [0.1, 0.15) is 24.0 Å². The number of hydrogen-bond donors (Lipinski definition) is 3. The van der Waals surface area contributed by atoms with Crippen LogP contribution in [0.25, 0.3) is 23.1 Å². The van der Waals surface area contributed by atoms with Gasteiger partial charge in [0, 0.05) is 40.7 Å². The van der Waals surface area contributed by atoms with E-state index in [1.807, 2.05) is 55.0 Å². The minimum Gasteiger partial charge on any atom is -0.490 e. The molecule has 156 valence electrons. The maximum Gasteiger partial charge on any atom is 0.227 e. The molecular formula is C25H25N5O. The van der Waals surface area contributed by atoms with Crippen LogP contribution in [-0.2, 0) is 0 Å². The summed E-state index contributed by atoms with van der Waals surface area (Å²) in [5.74, 6) is 1.47. The zero-order valence-corrected chi connectivity index (χ0v) is 17.2. The summed E-state index contributed by atoms with van der Waals surface area (Å²) < 4.78 is 6.05. The second-order valence-electron chi connectivity index (χ2n) is 7.68. The van der Waals surface area contributed by atoms with E-state index in [0.717, 1.165) is 54.0 Å². The molecular weight excluding hydrogens is 386 g/mol. The molecule has 0 radical (unpaired) electrons. The van der Waals surface area contributed by atoms with Crippen molar-refractivity contribution >= 4 is 34.7 Å². The smallest absolute Gasteiger partial charge is 0.227 e. The Morgan fingerprint density at radius 1 is 0.935 bits per heavy atom. The van der Waals surface area contributed by atoms with Crippen molar-refractivity contribution < 1.29 is 4.74 Å². The number of benzene rings is 2. The van der Waals surface area contributed by atoms with E-state index in [2.05, 4.69) is 49.9 Å². The fraction of sp³-hybridized carbons (Fsp3) is 0.200. The lowest BCUT2D eigenvalue weighted by Crippen LogP contribution is -2.34. The Bertz CT molecular complexity index is 1160. The van der Waals surface area contributed by atoms with Crippen molar-refractivity contribution in [1.29, 1.82) is 0 Å². The Balaban J connectivity index is 1.20. The van der Waals surface area contributed by atoms with Crippen LogP contribution in [0.3, 0.4) is 0 Å². The van der Waals surface area contributed by atoms with Crippen molar-refractivity contribution in [3.8, 4) is 5.75 Å². The Morgan fingerprint density at radius 3 is 2.55 bits per heavy atom. The second-order valence-corrected chi connectivity index (χ2v) is 7.68. The van der Waals surface area contributed by atoms with Gasteiger partial charge >= 0.3 is 0 Å². The molecule has 0 saturated carbocycles. The monoisotopic (exact) mass is 411 g/mol. The van der Waals surface area contributed by atoms with Gasteiger partial charge in [-0.15, -0.1) is 0 Å². The van der Waals surface area contributed by atoms with E-state index in [4.69, 9.17) is 4.74 Å². The number of nitrogens with one attached hydrogen (secondary N) is 3. The van der Waals surface area contributed by atoms with Crippen LogP contribution in [0.15, 0.2) is 67.1 Å². The van der Waals surface area contributed by atoms with Gasteiger partial charge in [0.1, 0.15) is 11.9 Å². The van der Waals surface area contributed by atoms with Crippen LogP contribution in [0.2, 0.25) is 0 Å². The van der Waals surface area contributed by atoms with Crippen molar-refractivity contribution in [3.05, 3.63) is 78.2 Å². The van der Waals surface area contributed by atoms with E-state index in [-0.39, 0.29) is 0 Å². The first-order valence-electron chi connectivity index (χ1n) is 10.6. The normalized spacial score (nSPS) is 14.8. The molecule has 4 aromatic rings. The number of ether oxygens (including phenoxy) is 1. The van der Waals surface area contributed by atoms with Crippen LogP contribution in [0.4, 0.5) is 11.6 Å². The van der Waals surface area contributed by atoms with Gasteiger partial charge in [0.25, 0.3) is 0 Å². The summed E-state index contributed by atoms with van der Waals surface area (Å²) in [6.07, 6.45) is 12.1. The minimum absolute atomic E-state index is 0.299. The van der Waals surface area contributed by atoms with Crippen molar-refractivity contribution in [2.45, 2.75) is 18.9 Å². The van der Waals surface area contributed by atoms with Gasteiger partial charge in [0.15, 0.2) is 0 Å². The van der Waals surface area contributed by atoms with Crippen molar-refractivity contribution in [1.82, 2.24) is 20.3 Å².